The van der Waals surface area contributed by atoms with Crippen LogP contribution in [0.25, 0.3) is 0 Å². The summed E-state index contributed by atoms with van der Waals surface area (Å²) in [5, 5.41) is 3.21. The number of amides is 1. The minimum atomic E-state index is -0.985. The molecule has 1 aromatic rings. The molecule has 1 aliphatic heterocycles. The van der Waals surface area contributed by atoms with Gasteiger partial charge in [0, 0.05) is 11.7 Å². The van der Waals surface area contributed by atoms with Crippen LogP contribution >= 0.6 is 35.4 Å². The normalized spacial score (nSPS) is 29.0. The number of anilines is 1. The van der Waals surface area contributed by atoms with Crippen molar-refractivity contribution in [3.05, 3.63) is 29.8 Å². The summed E-state index contributed by atoms with van der Waals surface area (Å²) < 4.78 is -0.985. The zero-order chi connectivity index (χ0) is 15.4. The molecule has 0 radical (unpaired) electrons. The Bertz CT molecular complexity index is 634. The number of benzene rings is 1. The molecule has 1 aliphatic carbocycles. The molecular formula is C15H16Cl2N2OS. The highest BCUT2D eigenvalue weighted by atomic mass is 35.5. The van der Waals surface area contributed by atoms with Crippen LogP contribution in [0.5, 0.6) is 0 Å². The molecule has 0 saturated heterocycles. The summed E-state index contributed by atoms with van der Waals surface area (Å²) in [5.74, 6) is -0.214. The first-order valence-electron chi connectivity index (χ1n) is 6.87. The number of rotatable bonds is 1. The Morgan fingerprint density at radius 3 is 2.67 bits per heavy atom. The van der Waals surface area contributed by atoms with E-state index in [2.05, 4.69) is 18.3 Å². The molecule has 1 heterocycles. The number of nitrogens with zero attached hydrogens (tertiary/aromatic N) is 1. The Morgan fingerprint density at radius 2 is 2.05 bits per heavy atom. The predicted octanol–water partition coefficient (Wildman–Crippen LogP) is 3.42. The second-order valence-electron chi connectivity index (χ2n) is 6.02. The van der Waals surface area contributed by atoms with Crippen LogP contribution in [0.4, 0.5) is 5.69 Å². The molecule has 1 aromatic carbocycles. The van der Waals surface area contributed by atoms with E-state index in [0.717, 1.165) is 12.1 Å². The Kier molecular flexibility index (Phi) is 3.47. The first kappa shape index (κ1) is 15.1. The Morgan fingerprint density at radius 1 is 1.43 bits per heavy atom. The first-order valence-corrected chi connectivity index (χ1v) is 8.03. The van der Waals surface area contributed by atoms with Crippen molar-refractivity contribution in [3.63, 3.8) is 0 Å². The SMILES string of the molecule is C[C@@H]1Cc2ccccc2N1C(=S)NC(=O)[C@]1(C)CC1(Cl)Cl. The van der Waals surface area contributed by atoms with E-state index >= 15 is 0 Å². The second kappa shape index (κ2) is 4.83. The summed E-state index contributed by atoms with van der Waals surface area (Å²) in [6.07, 6.45) is 1.36. The van der Waals surface area contributed by atoms with Crippen LogP contribution in [0.2, 0.25) is 0 Å². The van der Waals surface area contributed by atoms with Gasteiger partial charge in [0.15, 0.2) is 5.11 Å². The maximum Gasteiger partial charge on any atom is 0.235 e. The molecule has 0 bridgehead atoms. The summed E-state index contributed by atoms with van der Waals surface area (Å²) in [7, 11) is 0. The van der Waals surface area contributed by atoms with Gasteiger partial charge in [0.25, 0.3) is 0 Å². The molecular weight excluding hydrogens is 327 g/mol. The zero-order valence-electron chi connectivity index (χ0n) is 11.8. The first-order chi connectivity index (χ1) is 9.76. The number of hydrogen-bond donors (Lipinski definition) is 1. The summed E-state index contributed by atoms with van der Waals surface area (Å²) in [5.41, 5.74) is 1.53. The molecule has 2 atom stereocenters. The van der Waals surface area contributed by atoms with E-state index in [1.807, 2.05) is 23.1 Å². The average molecular weight is 343 g/mol. The van der Waals surface area contributed by atoms with Crippen LogP contribution in [0, 0.1) is 5.41 Å². The number of hydrogen-bond acceptors (Lipinski definition) is 2. The lowest BCUT2D eigenvalue weighted by Gasteiger charge is -2.26. The van der Waals surface area contributed by atoms with Gasteiger partial charge in [-0.3, -0.25) is 4.79 Å². The van der Waals surface area contributed by atoms with Crippen LogP contribution in [0.3, 0.4) is 0 Å². The standard InChI is InChI=1S/C15H16Cl2N2OS/c1-9-7-10-5-3-4-6-11(10)19(9)13(21)18-12(20)14(2)8-15(14,16)17/h3-6,9H,7-8H2,1-2H3,(H,18,20,21)/t9-,14+/m1/s1. The average Bonchev–Trinajstić information content (AvgIpc) is 2.77. The van der Waals surface area contributed by atoms with Crippen molar-refractivity contribution in [2.45, 2.75) is 37.1 Å². The largest absolute Gasteiger partial charge is 0.315 e. The molecule has 0 unspecified atom stereocenters. The molecule has 0 spiro atoms. The van der Waals surface area contributed by atoms with Crippen LogP contribution < -0.4 is 10.2 Å². The highest BCUT2D eigenvalue weighted by molar-refractivity contribution is 7.80. The van der Waals surface area contributed by atoms with Crippen molar-refractivity contribution in [1.29, 1.82) is 0 Å². The fourth-order valence-electron chi connectivity index (χ4n) is 2.82. The molecule has 112 valence electrons. The molecule has 0 aromatic heterocycles. The Balaban J connectivity index is 1.77. The number of carbonyl (C=O) groups is 1. The summed E-state index contributed by atoms with van der Waals surface area (Å²) in [6.45, 7) is 3.84. The lowest BCUT2D eigenvalue weighted by Crippen LogP contribution is -2.48. The third kappa shape index (κ3) is 2.33. The lowest BCUT2D eigenvalue weighted by atomic mass is 10.1. The van der Waals surface area contributed by atoms with Gasteiger partial charge < -0.3 is 10.2 Å². The van der Waals surface area contributed by atoms with E-state index in [1.54, 1.807) is 6.92 Å². The molecule has 1 N–H and O–H groups in total. The zero-order valence-corrected chi connectivity index (χ0v) is 14.1. The maximum atomic E-state index is 12.3. The van der Waals surface area contributed by atoms with Crippen LogP contribution in [0.15, 0.2) is 24.3 Å². The van der Waals surface area contributed by atoms with Crippen LogP contribution in [-0.4, -0.2) is 21.4 Å². The molecule has 6 heteroatoms. The van der Waals surface area contributed by atoms with Crippen molar-refractivity contribution >= 4 is 52.1 Å². The second-order valence-corrected chi connectivity index (χ2v) is 7.90. The highest BCUT2D eigenvalue weighted by Gasteiger charge is 2.68. The van der Waals surface area contributed by atoms with Crippen molar-refractivity contribution in [1.82, 2.24) is 5.32 Å². The number of para-hydroxylation sites is 1. The fraction of sp³-hybridized carbons (Fsp3) is 0.467. The minimum absolute atomic E-state index is 0.214. The van der Waals surface area contributed by atoms with Crippen LogP contribution in [-0.2, 0) is 11.2 Å². The Hall–Kier alpha value is -0.840. The molecule has 1 amide bonds. The van der Waals surface area contributed by atoms with Gasteiger partial charge in [-0.15, -0.1) is 23.2 Å². The van der Waals surface area contributed by atoms with E-state index < -0.39 is 9.75 Å². The van der Waals surface area contributed by atoms with Crippen LogP contribution in [0.1, 0.15) is 25.8 Å². The van der Waals surface area contributed by atoms with Gasteiger partial charge in [0.2, 0.25) is 5.91 Å². The number of fused-ring (bicyclic) bond motifs is 1. The van der Waals surface area contributed by atoms with Crippen molar-refractivity contribution in [3.8, 4) is 0 Å². The fourth-order valence-corrected chi connectivity index (χ4v) is 3.89. The van der Waals surface area contributed by atoms with Gasteiger partial charge in [-0.1, -0.05) is 18.2 Å². The third-order valence-electron chi connectivity index (χ3n) is 4.41. The van der Waals surface area contributed by atoms with E-state index in [1.165, 1.54) is 5.56 Å². The maximum absolute atomic E-state index is 12.3. The van der Waals surface area contributed by atoms with Crippen molar-refractivity contribution < 1.29 is 4.79 Å². The topological polar surface area (TPSA) is 32.3 Å². The van der Waals surface area contributed by atoms with Gasteiger partial charge in [-0.2, -0.15) is 0 Å². The number of nitrogens with one attached hydrogen (secondary N) is 1. The molecule has 21 heavy (non-hydrogen) atoms. The van der Waals surface area contributed by atoms with E-state index in [4.69, 9.17) is 35.4 Å². The smallest absolute Gasteiger partial charge is 0.235 e. The predicted molar refractivity (Wildman–Crippen MR) is 90.0 cm³/mol. The quantitative estimate of drug-likeness (QED) is 0.626. The highest BCUT2D eigenvalue weighted by Crippen LogP contribution is 2.63. The number of alkyl halides is 2. The monoisotopic (exact) mass is 342 g/mol. The van der Waals surface area contributed by atoms with E-state index in [9.17, 15) is 4.79 Å². The summed E-state index contributed by atoms with van der Waals surface area (Å²) in [6, 6.07) is 8.31. The van der Waals surface area contributed by atoms with Gasteiger partial charge in [0.05, 0.1) is 5.41 Å². The molecule has 1 saturated carbocycles. The van der Waals surface area contributed by atoms with Gasteiger partial charge >= 0.3 is 0 Å². The third-order valence-corrected chi connectivity index (χ3v) is 5.81. The summed E-state index contributed by atoms with van der Waals surface area (Å²) in [4.78, 5) is 14.3. The summed E-state index contributed by atoms with van der Waals surface area (Å²) >= 11 is 17.5. The van der Waals surface area contributed by atoms with Gasteiger partial charge in [-0.05, 0) is 50.5 Å². The minimum Gasteiger partial charge on any atom is -0.315 e. The van der Waals surface area contributed by atoms with Gasteiger partial charge in [0.1, 0.15) is 4.33 Å². The Labute approximate surface area is 139 Å². The molecule has 2 aliphatic rings. The van der Waals surface area contributed by atoms with E-state index in [0.29, 0.717) is 11.5 Å². The molecule has 3 nitrogen and oxygen atoms in total. The van der Waals surface area contributed by atoms with Gasteiger partial charge in [-0.25, -0.2) is 0 Å². The van der Waals surface area contributed by atoms with E-state index in [-0.39, 0.29) is 11.9 Å². The van der Waals surface area contributed by atoms with Crippen molar-refractivity contribution in [2.24, 2.45) is 5.41 Å². The van der Waals surface area contributed by atoms with Crippen molar-refractivity contribution in [2.75, 3.05) is 4.90 Å². The number of halogens is 2. The number of carbonyl (C=O) groups excluding carboxylic acids is 1. The number of thiocarbonyl (C=S) groups is 1. The lowest BCUT2D eigenvalue weighted by molar-refractivity contribution is -0.124. The molecule has 1 fully saturated rings. The molecule has 3 rings (SSSR count).